The summed E-state index contributed by atoms with van der Waals surface area (Å²) < 4.78 is 0. The molecule has 0 aliphatic carbocycles. The molecule has 0 spiro atoms. The highest BCUT2D eigenvalue weighted by Gasteiger charge is 2.43. The minimum atomic E-state index is -1.43. The minimum absolute atomic E-state index is 0.0935. The number of carboxylic acid groups (broad SMARTS) is 2. The van der Waals surface area contributed by atoms with Crippen LogP contribution in [-0.2, 0) is 4.79 Å². The van der Waals surface area contributed by atoms with Crippen molar-refractivity contribution in [3.8, 4) is 0 Å². The van der Waals surface area contributed by atoms with Gasteiger partial charge in [-0.3, -0.25) is 29.4 Å². The molecule has 1 unspecified atom stereocenters. The Morgan fingerprint density at radius 2 is 1.68 bits per heavy atom. The predicted octanol–water partition coefficient (Wildman–Crippen LogP) is 2.11. The molecule has 0 bridgehead atoms. The average Bonchev–Trinajstić information content (AvgIpc) is 2.90. The van der Waals surface area contributed by atoms with Gasteiger partial charge < -0.3 is 10.2 Å². The van der Waals surface area contributed by atoms with Crippen LogP contribution >= 0.6 is 0 Å². The normalized spacial score (nSPS) is 13.9. The Morgan fingerprint density at radius 3 is 2.29 bits per heavy atom. The highest BCUT2D eigenvalue weighted by Crippen LogP contribution is 2.37. The molecule has 1 atom stereocenters. The second kappa shape index (κ2) is 6.91. The standard InChI is InChI=1S/C18H12N2O8/c21-15(22)8-14(11-3-1-2-4-13(11)20(27)28)19-16(23)10-6-5-9(18(25)26)7-12(10)17(19)24/h1-7,14H,8H2,(H,21,22)(H,25,26). The van der Waals surface area contributed by atoms with Gasteiger partial charge in [-0.05, 0) is 18.2 Å². The number of nitro groups is 1. The topological polar surface area (TPSA) is 155 Å². The number of carbonyl (C=O) groups excluding carboxylic acids is 2. The summed E-state index contributed by atoms with van der Waals surface area (Å²) >= 11 is 0. The van der Waals surface area contributed by atoms with E-state index in [1.165, 1.54) is 18.2 Å². The van der Waals surface area contributed by atoms with Crippen LogP contribution in [0.5, 0.6) is 0 Å². The van der Waals surface area contributed by atoms with E-state index in [0.29, 0.717) is 4.90 Å². The Balaban J connectivity index is 2.13. The Labute approximate surface area is 156 Å². The minimum Gasteiger partial charge on any atom is -0.481 e. The van der Waals surface area contributed by atoms with Crippen LogP contribution in [0.4, 0.5) is 5.69 Å². The summed E-state index contributed by atoms with van der Waals surface area (Å²) in [6.07, 6.45) is -0.748. The highest BCUT2D eigenvalue weighted by atomic mass is 16.6. The number of aliphatic carboxylic acids is 1. The molecule has 0 radical (unpaired) electrons. The number of hydrogen-bond acceptors (Lipinski definition) is 6. The van der Waals surface area contributed by atoms with E-state index in [1.54, 1.807) is 0 Å². The van der Waals surface area contributed by atoms with Crippen LogP contribution < -0.4 is 0 Å². The van der Waals surface area contributed by atoms with E-state index in [4.69, 9.17) is 5.11 Å². The molecule has 2 aromatic carbocycles. The quantitative estimate of drug-likeness (QED) is 0.436. The fourth-order valence-corrected chi connectivity index (χ4v) is 3.12. The van der Waals surface area contributed by atoms with Crippen LogP contribution in [0, 0.1) is 10.1 Å². The molecular formula is C18H12N2O8. The number of amides is 2. The SMILES string of the molecule is O=C(O)CC(c1ccccc1[N+](=O)[O-])N1C(=O)c2ccc(C(=O)O)cc2C1=O. The van der Waals surface area contributed by atoms with Gasteiger partial charge >= 0.3 is 11.9 Å². The van der Waals surface area contributed by atoms with Crippen LogP contribution in [0.25, 0.3) is 0 Å². The molecule has 28 heavy (non-hydrogen) atoms. The van der Waals surface area contributed by atoms with Gasteiger partial charge in [-0.2, -0.15) is 0 Å². The zero-order valence-electron chi connectivity index (χ0n) is 14.1. The highest BCUT2D eigenvalue weighted by molar-refractivity contribution is 6.22. The molecule has 1 aliphatic rings. The van der Waals surface area contributed by atoms with Gasteiger partial charge in [0.15, 0.2) is 0 Å². The van der Waals surface area contributed by atoms with E-state index >= 15 is 0 Å². The summed E-state index contributed by atoms with van der Waals surface area (Å²) in [4.78, 5) is 59.3. The molecule has 2 aromatic rings. The van der Waals surface area contributed by atoms with Crippen LogP contribution in [0.2, 0.25) is 0 Å². The van der Waals surface area contributed by atoms with E-state index in [-0.39, 0.29) is 22.3 Å². The number of carboxylic acids is 2. The van der Waals surface area contributed by atoms with Crippen LogP contribution in [0.15, 0.2) is 42.5 Å². The number of fused-ring (bicyclic) bond motifs is 1. The van der Waals surface area contributed by atoms with Crippen molar-refractivity contribution in [2.75, 3.05) is 0 Å². The first-order chi connectivity index (χ1) is 13.2. The van der Waals surface area contributed by atoms with Gasteiger partial charge in [-0.1, -0.05) is 18.2 Å². The Bertz CT molecular complexity index is 1050. The van der Waals surface area contributed by atoms with E-state index in [1.807, 2.05) is 0 Å². The Hall–Kier alpha value is -4.08. The van der Waals surface area contributed by atoms with E-state index < -0.39 is 46.8 Å². The van der Waals surface area contributed by atoms with Crippen molar-refractivity contribution in [1.82, 2.24) is 4.90 Å². The summed E-state index contributed by atoms with van der Waals surface area (Å²) in [5.74, 6) is -4.43. The van der Waals surface area contributed by atoms with Crippen LogP contribution in [-0.4, -0.2) is 43.8 Å². The molecule has 10 heteroatoms. The molecule has 0 saturated carbocycles. The van der Waals surface area contributed by atoms with Gasteiger partial charge in [0.2, 0.25) is 0 Å². The maximum Gasteiger partial charge on any atom is 0.335 e. The maximum absolute atomic E-state index is 12.8. The predicted molar refractivity (Wildman–Crippen MR) is 92.0 cm³/mol. The van der Waals surface area contributed by atoms with Crippen molar-refractivity contribution in [1.29, 1.82) is 0 Å². The van der Waals surface area contributed by atoms with Crippen LogP contribution in [0.3, 0.4) is 0 Å². The lowest BCUT2D eigenvalue weighted by Gasteiger charge is -2.25. The van der Waals surface area contributed by atoms with E-state index in [9.17, 15) is 34.4 Å². The third kappa shape index (κ3) is 3.07. The number of aromatic carboxylic acids is 1. The van der Waals surface area contributed by atoms with Crippen molar-refractivity contribution in [2.45, 2.75) is 12.5 Å². The lowest BCUT2D eigenvalue weighted by atomic mass is 10.00. The number of hydrogen-bond donors (Lipinski definition) is 2. The second-order valence-electron chi connectivity index (χ2n) is 5.98. The Morgan fingerprint density at radius 1 is 1.04 bits per heavy atom. The van der Waals surface area contributed by atoms with E-state index in [0.717, 1.165) is 24.3 Å². The largest absolute Gasteiger partial charge is 0.481 e. The molecule has 10 nitrogen and oxygen atoms in total. The lowest BCUT2D eigenvalue weighted by molar-refractivity contribution is -0.385. The first kappa shape index (κ1) is 18.7. The van der Waals surface area contributed by atoms with Gasteiger partial charge in [0, 0.05) is 6.07 Å². The molecule has 1 heterocycles. The lowest BCUT2D eigenvalue weighted by Crippen LogP contribution is -2.35. The van der Waals surface area contributed by atoms with E-state index in [2.05, 4.69) is 0 Å². The van der Waals surface area contributed by atoms with Crippen LogP contribution in [0.1, 0.15) is 49.1 Å². The monoisotopic (exact) mass is 384 g/mol. The smallest absolute Gasteiger partial charge is 0.335 e. The van der Waals surface area contributed by atoms with Gasteiger partial charge in [0.1, 0.15) is 0 Å². The van der Waals surface area contributed by atoms with Gasteiger partial charge in [-0.15, -0.1) is 0 Å². The van der Waals surface area contributed by atoms with Crippen molar-refractivity contribution in [3.63, 3.8) is 0 Å². The fourth-order valence-electron chi connectivity index (χ4n) is 3.12. The summed E-state index contributed by atoms with van der Waals surface area (Å²) in [6, 6.07) is 7.12. The van der Waals surface area contributed by atoms with Crippen molar-refractivity contribution < 1.29 is 34.3 Å². The maximum atomic E-state index is 12.8. The molecule has 1 aliphatic heterocycles. The zero-order valence-corrected chi connectivity index (χ0v) is 14.1. The molecule has 2 N–H and O–H groups in total. The van der Waals surface area contributed by atoms with Gasteiger partial charge in [-0.25, -0.2) is 4.79 Å². The number of carbonyl (C=O) groups is 4. The molecule has 142 valence electrons. The second-order valence-corrected chi connectivity index (χ2v) is 5.98. The first-order valence-corrected chi connectivity index (χ1v) is 7.92. The number of para-hydroxylation sites is 1. The number of benzene rings is 2. The van der Waals surface area contributed by atoms with Crippen molar-refractivity contribution in [3.05, 3.63) is 74.8 Å². The van der Waals surface area contributed by atoms with Crippen molar-refractivity contribution in [2.24, 2.45) is 0 Å². The Kier molecular flexibility index (Phi) is 4.62. The summed E-state index contributed by atoms with van der Waals surface area (Å²) in [5.41, 5.74) is -1.05. The molecule has 0 saturated heterocycles. The molecule has 0 aromatic heterocycles. The number of nitrogens with zero attached hydrogens (tertiary/aromatic N) is 2. The fraction of sp³-hybridized carbons (Fsp3) is 0.111. The number of rotatable bonds is 6. The summed E-state index contributed by atoms with van der Waals surface area (Å²) in [5, 5.41) is 29.7. The molecule has 0 fully saturated rings. The molecular weight excluding hydrogens is 372 g/mol. The number of nitro benzene ring substituents is 1. The third-order valence-electron chi connectivity index (χ3n) is 4.34. The summed E-state index contributed by atoms with van der Waals surface area (Å²) in [7, 11) is 0. The van der Waals surface area contributed by atoms with Gasteiger partial charge in [0.05, 0.1) is 39.6 Å². The summed E-state index contributed by atoms with van der Waals surface area (Å²) in [6.45, 7) is 0. The van der Waals surface area contributed by atoms with Crippen molar-refractivity contribution >= 4 is 29.4 Å². The average molecular weight is 384 g/mol. The van der Waals surface area contributed by atoms with Gasteiger partial charge in [0.25, 0.3) is 17.5 Å². The number of imide groups is 1. The zero-order chi connectivity index (χ0) is 20.6. The third-order valence-corrected chi connectivity index (χ3v) is 4.34. The molecule has 3 rings (SSSR count). The molecule has 2 amide bonds. The first-order valence-electron chi connectivity index (χ1n) is 7.92.